The molecule has 0 bridgehead atoms. The van der Waals surface area contributed by atoms with Gasteiger partial charge in [0, 0.05) is 11.4 Å². The SMILES string of the molecule is CCC(Br)CNC(=O)C1(c2ccccc2)CC1. The number of hydrogen-bond acceptors (Lipinski definition) is 1. The molecule has 2 rings (SSSR count). The molecule has 0 saturated heterocycles. The molecule has 1 aliphatic rings. The van der Waals surface area contributed by atoms with E-state index in [9.17, 15) is 4.79 Å². The Morgan fingerprint density at radius 2 is 2.06 bits per heavy atom. The molecule has 0 spiro atoms. The highest BCUT2D eigenvalue weighted by Crippen LogP contribution is 2.48. The molecule has 1 fully saturated rings. The molecule has 3 heteroatoms. The number of alkyl halides is 1. The summed E-state index contributed by atoms with van der Waals surface area (Å²) in [5.41, 5.74) is 0.918. The second-order valence-electron chi connectivity index (χ2n) is 4.66. The van der Waals surface area contributed by atoms with Crippen molar-refractivity contribution in [1.82, 2.24) is 5.32 Å². The van der Waals surface area contributed by atoms with Crippen molar-refractivity contribution < 1.29 is 4.79 Å². The number of nitrogens with one attached hydrogen (secondary N) is 1. The summed E-state index contributed by atoms with van der Waals surface area (Å²) in [6.07, 6.45) is 2.97. The van der Waals surface area contributed by atoms with Crippen LogP contribution < -0.4 is 5.32 Å². The number of carbonyl (C=O) groups is 1. The van der Waals surface area contributed by atoms with E-state index in [1.54, 1.807) is 0 Å². The summed E-state index contributed by atoms with van der Waals surface area (Å²) in [6, 6.07) is 10.1. The van der Waals surface area contributed by atoms with Gasteiger partial charge in [0.2, 0.25) is 5.91 Å². The van der Waals surface area contributed by atoms with Crippen LogP contribution in [-0.2, 0) is 10.2 Å². The minimum Gasteiger partial charge on any atom is -0.354 e. The van der Waals surface area contributed by atoms with Gasteiger partial charge in [-0.3, -0.25) is 4.79 Å². The van der Waals surface area contributed by atoms with Crippen LogP contribution in [0.1, 0.15) is 31.7 Å². The van der Waals surface area contributed by atoms with Gasteiger partial charge in [-0.1, -0.05) is 53.2 Å². The molecule has 2 nitrogen and oxygen atoms in total. The van der Waals surface area contributed by atoms with E-state index in [0.717, 1.165) is 24.8 Å². The van der Waals surface area contributed by atoms with Gasteiger partial charge < -0.3 is 5.32 Å². The van der Waals surface area contributed by atoms with E-state index in [-0.39, 0.29) is 11.3 Å². The first-order chi connectivity index (χ1) is 8.19. The quantitative estimate of drug-likeness (QED) is 0.832. The Labute approximate surface area is 111 Å². The highest BCUT2D eigenvalue weighted by molar-refractivity contribution is 9.09. The van der Waals surface area contributed by atoms with Crippen LogP contribution in [0, 0.1) is 0 Å². The lowest BCUT2D eigenvalue weighted by atomic mass is 9.95. The monoisotopic (exact) mass is 295 g/mol. The Kier molecular flexibility index (Phi) is 3.87. The Morgan fingerprint density at radius 3 is 2.59 bits per heavy atom. The molecule has 1 N–H and O–H groups in total. The van der Waals surface area contributed by atoms with Gasteiger partial charge in [0.1, 0.15) is 0 Å². The van der Waals surface area contributed by atoms with E-state index >= 15 is 0 Å². The maximum atomic E-state index is 12.2. The highest BCUT2D eigenvalue weighted by atomic mass is 79.9. The number of rotatable bonds is 5. The minimum atomic E-state index is -0.234. The fraction of sp³-hybridized carbons (Fsp3) is 0.500. The molecule has 92 valence electrons. The lowest BCUT2D eigenvalue weighted by Crippen LogP contribution is -2.37. The van der Waals surface area contributed by atoms with Crippen LogP contribution in [0.25, 0.3) is 0 Å². The second-order valence-corrected chi connectivity index (χ2v) is 5.96. The van der Waals surface area contributed by atoms with Crippen LogP contribution in [0.5, 0.6) is 0 Å². The van der Waals surface area contributed by atoms with Gasteiger partial charge in [-0.15, -0.1) is 0 Å². The Bertz CT molecular complexity index is 386. The summed E-state index contributed by atoms with van der Waals surface area (Å²) in [7, 11) is 0. The average molecular weight is 296 g/mol. The summed E-state index contributed by atoms with van der Waals surface area (Å²) < 4.78 is 0. The number of amides is 1. The van der Waals surface area contributed by atoms with E-state index in [2.05, 4.69) is 40.3 Å². The molecule has 0 aromatic heterocycles. The standard InChI is InChI=1S/C14H18BrNO/c1-2-12(15)10-16-13(17)14(8-9-14)11-6-4-3-5-7-11/h3-7,12H,2,8-10H2,1H3,(H,16,17). The van der Waals surface area contributed by atoms with Crippen LogP contribution in [0.15, 0.2) is 30.3 Å². The largest absolute Gasteiger partial charge is 0.354 e. The van der Waals surface area contributed by atoms with Crippen molar-refractivity contribution in [3.05, 3.63) is 35.9 Å². The molecule has 1 amide bonds. The van der Waals surface area contributed by atoms with E-state index in [0.29, 0.717) is 11.4 Å². The molecule has 1 saturated carbocycles. The molecular weight excluding hydrogens is 278 g/mol. The van der Waals surface area contributed by atoms with Crippen LogP contribution in [0.3, 0.4) is 0 Å². The Hall–Kier alpha value is -0.830. The molecule has 0 heterocycles. The van der Waals surface area contributed by atoms with Crippen molar-refractivity contribution in [3.63, 3.8) is 0 Å². The molecular formula is C14H18BrNO. The maximum absolute atomic E-state index is 12.2. The molecule has 1 aliphatic carbocycles. The predicted molar refractivity (Wildman–Crippen MR) is 73.4 cm³/mol. The number of carbonyl (C=O) groups excluding carboxylic acids is 1. The van der Waals surface area contributed by atoms with Crippen LogP contribution >= 0.6 is 15.9 Å². The molecule has 1 atom stereocenters. The summed E-state index contributed by atoms with van der Waals surface area (Å²) in [4.78, 5) is 12.6. The van der Waals surface area contributed by atoms with Crippen molar-refractivity contribution in [2.45, 2.75) is 36.4 Å². The van der Waals surface area contributed by atoms with Gasteiger partial charge in [0.05, 0.1) is 5.41 Å². The third-order valence-corrected chi connectivity index (χ3v) is 4.41. The average Bonchev–Trinajstić information content (AvgIpc) is 3.18. The topological polar surface area (TPSA) is 29.1 Å². The van der Waals surface area contributed by atoms with Gasteiger partial charge in [-0.2, -0.15) is 0 Å². The Balaban J connectivity index is 2.00. The molecule has 1 unspecified atom stereocenters. The summed E-state index contributed by atoms with van der Waals surface area (Å²) in [5, 5.41) is 3.05. The first-order valence-corrected chi connectivity index (χ1v) is 7.08. The van der Waals surface area contributed by atoms with Gasteiger partial charge >= 0.3 is 0 Å². The van der Waals surface area contributed by atoms with Crippen LogP contribution in [0.4, 0.5) is 0 Å². The molecule has 0 radical (unpaired) electrons. The summed E-state index contributed by atoms with van der Waals surface area (Å²) >= 11 is 3.53. The minimum absolute atomic E-state index is 0.182. The Morgan fingerprint density at radius 1 is 1.41 bits per heavy atom. The van der Waals surface area contributed by atoms with Gasteiger partial charge in [0.25, 0.3) is 0 Å². The molecule has 17 heavy (non-hydrogen) atoms. The van der Waals surface area contributed by atoms with Crippen molar-refractivity contribution in [2.24, 2.45) is 0 Å². The zero-order valence-electron chi connectivity index (χ0n) is 10.1. The lowest BCUT2D eigenvalue weighted by Gasteiger charge is -2.17. The molecule has 0 aliphatic heterocycles. The summed E-state index contributed by atoms with van der Waals surface area (Å²) in [6.45, 7) is 2.82. The van der Waals surface area contributed by atoms with Crippen molar-refractivity contribution >= 4 is 21.8 Å². The third-order valence-electron chi connectivity index (χ3n) is 3.44. The van der Waals surface area contributed by atoms with E-state index < -0.39 is 0 Å². The zero-order valence-corrected chi connectivity index (χ0v) is 11.7. The zero-order chi connectivity index (χ0) is 12.3. The van der Waals surface area contributed by atoms with Gasteiger partial charge in [-0.25, -0.2) is 0 Å². The van der Waals surface area contributed by atoms with Crippen LogP contribution in [0.2, 0.25) is 0 Å². The first kappa shape index (κ1) is 12.6. The molecule has 1 aromatic rings. The fourth-order valence-electron chi connectivity index (χ4n) is 2.05. The van der Waals surface area contributed by atoms with Crippen LogP contribution in [-0.4, -0.2) is 17.3 Å². The smallest absolute Gasteiger partial charge is 0.230 e. The third kappa shape index (κ3) is 2.71. The maximum Gasteiger partial charge on any atom is 0.230 e. The van der Waals surface area contributed by atoms with E-state index in [1.807, 2.05) is 18.2 Å². The van der Waals surface area contributed by atoms with Crippen molar-refractivity contribution in [2.75, 3.05) is 6.54 Å². The fourth-order valence-corrected chi connectivity index (χ4v) is 2.21. The predicted octanol–water partition coefficient (Wildman–Crippen LogP) is 3.01. The van der Waals surface area contributed by atoms with Gasteiger partial charge in [-0.05, 0) is 24.8 Å². The number of benzene rings is 1. The number of halogens is 1. The second kappa shape index (κ2) is 5.21. The highest BCUT2D eigenvalue weighted by Gasteiger charge is 2.50. The number of hydrogen-bond donors (Lipinski definition) is 1. The first-order valence-electron chi connectivity index (χ1n) is 6.17. The normalized spacial score (nSPS) is 18.5. The molecule has 1 aromatic carbocycles. The summed E-state index contributed by atoms with van der Waals surface area (Å²) in [5.74, 6) is 0.182. The lowest BCUT2D eigenvalue weighted by molar-refractivity contribution is -0.123. The van der Waals surface area contributed by atoms with Crippen molar-refractivity contribution in [3.8, 4) is 0 Å². The van der Waals surface area contributed by atoms with E-state index in [1.165, 1.54) is 0 Å². The van der Waals surface area contributed by atoms with Crippen molar-refractivity contribution in [1.29, 1.82) is 0 Å². The van der Waals surface area contributed by atoms with E-state index in [4.69, 9.17) is 0 Å². The van der Waals surface area contributed by atoms with Gasteiger partial charge in [0.15, 0.2) is 0 Å².